The molecule has 3 unspecified atom stereocenters. The first kappa shape index (κ1) is 15.3. The van der Waals surface area contributed by atoms with Crippen LogP contribution in [0.2, 0.25) is 0 Å². The molecule has 1 aromatic carbocycles. The third-order valence-corrected chi connectivity index (χ3v) is 4.00. The number of aryl methyl sites for hydroxylation is 1. The molecule has 0 spiro atoms. The van der Waals surface area contributed by atoms with Crippen LogP contribution in [0.3, 0.4) is 0 Å². The van der Waals surface area contributed by atoms with Gasteiger partial charge in [-0.1, -0.05) is 35.5 Å². The molecule has 1 heterocycles. The minimum atomic E-state index is -0.296. The second-order valence-electron chi connectivity index (χ2n) is 5.90. The molecule has 6 heteroatoms. The van der Waals surface area contributed by atoms with Gasteiger partial charge in [0.2, 0.25) is 11.8 Å². The molecule has 0 saturated heterocycles. The van der Waals surface area contributed by atoms with Gasteiger partial charge in [-0.25, -0.2) is 0 Å². The summed E-state index contributed by atoms with van der Waals surface area (Å²) in [5, 5.41) is 9.34. The molecule has 0 aliphatic heterocycles. The molecule has 23 heavy (non-hydrogen) atoms. The maximum absolute atomic E-state index is 12.2. The third-order valence-electron chi connectivity index (χ3n) is 4.00. The second-order valence-corrected chi connectivity index (χ2v) is 5.90. The Morgan fingerprint density at radius 2 is 1.91 bits per heavy atom. The quantitative estimate of drug-likeness (QED) is 0.888. The first-order valence-electron chi connectivity index (χ1n) is 7.64. The zero-order valence-corrected chi connectivity index (χ0v) is 13.1. The van der Waals surface area contributed by atoms with Gasteiger partial charge >= 0.3 is 0 Å². The van der Waals surface area contributed by atoms with Gasteiger partial charge in [-0.2, -0.15) is 0 Å². The molecule has 0 radical (unpaired) electrons. The maximum Gasteiger partial charge on any atom is 0.229 e. The topological polar surface area (TPSA) is 84.2 Å². The van der Waals surface area contributed by atoms with E-state index < -0.39 is 0 Å². The normalized spacial score (nSPS) is 20.6. The number of nitrogens with zero attached hydrogens (tertiary/aromatic N) is 1. The zero-order valence-electron chi connectivity index (χ0n) is 13.1. The predicted octanol–water partition coefficient (Wildman–Crippen LogP) is 2.44. The average molecular weight is 313 g/mol. The van der Waals surface area contributed by atoms with E-state index in [1.807, 2.05) is 37.3 Å². The SMILES string of the molecule is Cc1cc(NC(=O)C2CC2C(=O)NC(C)c2ccccc2)no1. The Hall–Kier alpha value is -2.63. The van der Waals surface area contributed by atoms with E-state index in [9.17, 15) is 9.59 Å². The van der Waals surface area contributed by atoms with Crippen LogP contribution in [0.1, 0.15) is 30.7 Å². The van der Waals surface area contributed by atoms with Crippen LogP contribution in [0.25, 0.3) is 0 Å². The second kappa shape index (κ2) is 6.24. The lowest BCUT2D eigenvalue weighted by atomic mass is 10.1. The first-order valence-corrected chi connectivity index (χ1v) is 7.64. The molecule has 1 aromatic heterocycles. The number of benzene rings is 1. The number of carbonyl (C=O) groups excluding carboxylic acids is 2. The van der Waals surface area contributed by atoms with E-state index in [-0.39, 0.29) is 29.7 Å². The molecule has 1 aliphatic rings. The molecule has 3 rings (SSSR count). The van der Waals surface area contributed by atoms with Gasteiger partial charge in [0.1, 0.15) is 5.76 Å². The molecular weight excluding hydrogens is 294 g/mol. The Kier molecular flexibility index (Phi) is 4.14. The Morgan fingerprint density at radius 1 is 1.22 bits per heavy atom. The number of hydrogen-bond acceptors (Lipinski definition) is 4. The highest BCUT2D eigenvalue weighted by molar-refractivity contribution is 5.99. The van der Waals surface area contributed by atoms with Crippen molar-refractivity contribution in [2.75, 3.05) is 5.32 Å². The van der Waals surface area contributed by atoms with Crippen LogP contribution in [0.4, 0.5) is 5.82 Å². The van der Waals surface area contributed by atoms with Crippen molar-refractivity contribution < 1.29 is 14.1 Å². The number of aromatic nitrogens is 1. The van der Waals surface area contributed by atoms with Crippen molar-refractivity contribution in [3.05, 3.63) is 47.7 Å². The number of anilines is 1. The summed E-state index contributed by atoms with van der Waals surface area (Å²) in [6.45, 7) is 3.68. The summed E-state index contributed by atoms with van der Waals surface area (Å²) in [6.07, 6.45) is 0.565. The molecule has 2 N–H and O–H groups in total. The Bertz CT molecular complexity index is 711. The number of carbonyl (C=O) groups is 2. The Balaban J connectivity index is 1.51. The summed E-state index contributed by atoms with van der Waals surface area (Å²) < 4.78 is 4.90. The highest BCUT2D eigenvalue weighted by Crippen LogP contribution is 2.40. The predicted molar refractivity (Wildman–Crippen MR) is 84.5 cm³/mol. The van der Waals surface area contributed by atoms with Gasteiger partial charge in [0.05, 0.1) is 17.9 Å². The minimum Gasteiger partial charge on any atom is -0.360 e. The van der Waals surface area contributed by atoms with E-state index in [4.69, 9.17) is 4.52 Å². The van der Waals surface area contributed by atoms with Crippen molar-refractivity contribution in [2.45, 2.75) is 26.3 Å². The van der Waals surface area contributed by atoms with E-state index in [2.05, 4.69) is 15.8 Å². The minimum absolute atomic E-state index is 0.0776. The van der Waals surface area contributed by atoms with Crippen molar-refractivity contribution >= 4 is 17.6 Å². The molecule has 1 fully saturated rings. The number of rotatable bonds is 5. The van der Waals surface area contributed by atoms with Gasteiger partial charge in [0, 0.05) is 6.07 Å². The van der Waals surface area contributed by atoms with Crippen LogP contribution in [0.15, 0.2) is 40.9 Å². The smallest absolute Gasteiger partial charge is 0.229 e. The van der Waals surface area contributed by atoms with E-state index in [0.717, 1.165) is 5.56 Å². The van der Waals surface area contributed by atoms with E-state index in [1.165, 1.54) is 0 Å². The fourth-order valence-electron chi connectivity index (χ4n) is 2.56. The molecule has 120 valence electrons. The van der Waals surface area contributed by atoms with Crippen LogP contribution < -0.4 is 10.6 Å². The van der Waals surface area contributed by atoms with Gasteiger partial charge < -0.3 is 15.2 Å². The summed E-state index contributed by atoms with van der Waals surface area (Å²) >= 11 is 0. The van der Waals surface area contributed by atoms with Crippen LogP contribution in [-0.2, 0) is 9.59 Å². The highest BCUT2D eigenvalue weighted by atomic mass is 16.5. The average Bonchev–Trinajstić information content (AvgIpc) is 3.25. The number of nitrogens with one attached hydrogen (secondary N) is 2. The molecule has 1 saturated carbocycles. The summed E-state index contributed by atoms with van der Waals surface area (Å²) in [7, 11) is 0. The molecule has 1 aliphatic carbocycles. The van der Waals surface area contributed by atoms with Gasteiger partial charge in [-0.05, 0) is 25.8 Å². The maximum atomic E-state index is 12.2. The summed E-state index contributed by atoms with van der Waals surface area (Å²) in [5.41, 5.74) is 1.04. The van der Waals surface area contributed by atoms with Gasteiger partial charge in [-0.3, -0.25) is 9.59 Å². The van der Waals surface area contributed by atoms with Gasteiger partial charge in [0.15, 0.2) is 5.82 Å². The molecule has 2 aromatic rings. The Morgan fingerprint density at radius 3 is 2.57 bits per heavy atom. The van der Waals surface area contributed by atoms with E-state index in [1.54, 1.807) is 13.0 Å². The lowest BCUT2D eigenvalue weighted by molar-refractivity contribution is -0.125. The first-order chi connectivity index (χ1) is 11.0. The van der Waals surface area contributed by atoms with Gasteiger partial charge in [-0.15, -0.1) is 0 Å². The monoisotopic (exact) mass is 313 g/mol. The lowest BCUT2D eigenvalue weighted by Crippen LogP contribution is -2.29. The fraction of sp³-hybridized carbons (Fsp3) is 0.353. The summed E-state index contributed by atoms with van der Waals surface area (Å²) in [4.78, 5) is 24.3. The molecule has 0 bridgehead atoms. The lowest BCUT2D eigenvalue weighted by Gasteiger charge is -2.14. The van der Waals surface area contributed by atoms with Crippen molar-refractivity contribution in [2.24, 2.45) is 11.8 Å². The van der Waals surface area contributed by atoms with Gasteiger partial charge in [0.25, 0.3) is 0 Å². The molecule has 2 amide bonds. The van der Waals surface area contributed by atoms with Crippen molar-refractivity contribution in [1.29, 1.82) is 0 Å². The number of amides is 2. The zero-order chi connectivity index (χ0) is 16.4. The van der Waals surface area contributed by atoms with E-state index >= 15 is 0 Å². The van der Waals surface area contributed by atoms with Crippen LogP contribution in [0.5, 0.6) is 0 Å². The number of hydrogen-bond donors (Lipinski definition) is 2. The summed E-state index contributed by atoms with van der Waals surface area (Å²) in [5.74, 6) is 0.172. The fourth-order valence-corrected chi connectivity index (χ4v) is 2.56. The standard InChI is InChI=1S/C17H19N3O3/c1-10-8-15(20-23-10)19-17(22)14-9-13(14)16(21)18-11(2)12-6-4-3-5-7-12/h3-8,11,13-14H,9H2,1-2H3,(H,18,21)(H,19,20,22). The van der Waals surface area contributed by atoms with Crippen LogP contribution in [-0.4, -0.2) is 17.0 Å². The largest absolute Gasteiger partial charge is 0.360 e. The summed E-state index contributed by atoms with van der Waals surface area (Å²) in [6, 6.07) is 11.3. The van der Waals surface area contributed by atoms with Crippen LogP contribution >= 0.6 is 0 Å². The Labute approximate surface area is 134 Å². The van der Waals surface area contributed by atoms with Crippen molar-refractivity contribution in [3.8, 4) is 0 Å². The van der Waals surface area contributed by atoms with E-state index in [0.29, 0.717) is 18.0 Å². The van der Waals surface area contributed by atoms with Crippen molar-refractivity contribution in [3.63, 3.8) is 0 Å². The van der Waals surface area contributed by atoms with Crippen molar-refractivity contribution in [1.82, 2.24) is 10.5 Å². The molecule has 3 atom stereocenters. The third kappa shape index (κ3) is 3.59. The molecular formula is C17H19N3O3. The molecule has 6 nitrogen and oxygen atoms in total. The van der Waals surface area contributed by atoms with Crippen LogP contribution in [0, 0.1) is 18.8 Å². The highest BCUT2D eigenvalue weighted by Gasteiger charge is 2.48.